The van der Waals surface area contributed by atoms with Gasteiger partial charge in [0.25, 0.3) is 0 Å². The molecule has 3 heteroatoms. The van der Waals surface area contributed by atoms with Gasteiger partial charge >= 0.3 is 0 Å². The Balaban J connectivity index is 1.83. The average molecular weight is 249 g/mol. The minimum Gasteiger partial charge on any atom is -0.492 e. The van der Waals surface area contributed by atoms with Crippen LogP contribution in [-0.2, 0) is 0 Å². The molecule has 0 aromatic heterocycles. The van der Waals surface area contributed by atoms with Gasteiger partial charge in [-0.15, -0.1) is 0 Å². The molecule has 1 aliphatic rings. The molecular weight excluding hydrogens is 226 g/mol. The van der Waals surface area contributed by atoms with E-state index in [-0.39, 0.29) is 6.61 Å². The van der Waals surface area contributed by atoms with E-state index in [0.717, 1.165) is 18.8 Å². The van der Waals surface area contributed by atoms with Crippen molar-refractivity contribution >= 4 is 0 Å². The van der Waals surface area contributed by atoms with Gasteiger partial charge in [-0.25, -0.2) is 0 Å². The highest BCUT2D eigenvalue weighted by molar-refractivity contribution is 5.39. The zero-order valence-corrected chi connectivity index (χ0v) is 11.4. The summed E-state index contributed by atoms with van der Waals surface area (Å²) in [6, 6.07) is 6.89. The van der Waals surface area contributed by atoms with Crippen molar-refractivity contribution in [3.05, 3.63) is 29.3 Å². The predicted octanol–water partition coefficient (Wildman–Crippen LogP) is 2.14. The molecule has 0 heterocycles. The molecule has 1 aliphatic carbocycles. The van der Waals surface area contributed by atoms with Crippen molar-refractivity contribution in [3.8, 4) is 5.75 Å². The summed E-state index contributed by atoms with van der Waals surface area (Å²) < 4.78 is 5.90. The summed E-state index contributed by atoms with van der Waals surface area (Å²) in [4.78, 5) is 2.33. The Morgan fingerprint density at radius 1 is 1.22 bits per heavy atom. The van der Waals surface area contributed by atoms with Crippen LogP contribution in [0.5, 0.6) is 5.75 Å². The van der Waals surface area contributed by atoms with Gasteiger partial charge in [-0.2, -0.15) is 0 Å². The number of aliphatic hydroxyl groups is 1. The minimum atomic E-state index is 0.236. The van der Waals surface area contributed by atoms with Crippen molar-refractivity contribution in [1.82, 2.24) is 4.90 Å². The molecule has 0 atom stereocenters. The lowest BCUT2D eigenvalue weighted by Crippen LogP contribution is -2.33. The summed E-state index contributed by atoms with van der Waals surface area (Å²) in [5.74, 6) is 1.01. The predicted molar refractivity (Wildman–Crippen MR) is 73.1 cm³/mol. The third kappa shape index (κ3) is 3.47. The summed E-state index contributed by atoms with van der Waals surface area (Å²) in [6.45, 7) is 6.76. The smallest absolute Gasteiger partial charge is 0.125 e. The molecule has 1 fully saturated rings. The first kappa shape index (κ1) is 13.4. The van der Waals surface area contributed by atoms with Crippen molar-refractivity contribution in [1.29, 1.82) is 0 Å². The fourth-order valence-electron chi connectivity index (χ4n) is 2.34. The van der Waals surface area contributed by atoms with E-state index in [4.69, 9.17) is 9.84 Å². The van der Waals surface area contributed by atoms with Crippen LogP contribution in [0.2, 0.25) is 0 Å². The fraction of sp³-hybridized carbons (Fsp3) is 0.600. The van der Waals surface area contributed by atoms with Crippen molar-refractivity contribution < 1.29 is 9.84 Å². The summed E-state index contributed by atoms with van der Waals surface area (Å²) in [5.41, 5.74) is 2.38. The van der Waals surface area contributed by atoms with Crippen LogP contribution in [0.1, 0.15) is 24.0 Å². The van der Waals surface area contributed by atoms with E-state index in [2.05, 4.69) is 36.9 Å². The van der Waals surface area contributed by atoms with Gasteiger partial charge < -0.3 is 9.84 Å². The van der Waals surface area contributed by atoms with E-state index >= 15 is 0 Å². The number of hydrogen-bond donors (Lipinski definition) is 1. The lowest BCUT2D eigenvalue weighted by atomic mass is 10.1. The average Bonchev–Trinajstić information content (AvgIpc) is 3.15. The number of nitrogens with zero attached hydrogens (tertiary/aromatic N) is 1. The van der Waals surface area contributed by atoms with E-state index < -0.39 is 0 Å². The molecule has 1 aromatic carbocycles. The summed E-state index contributed by atoms with van der Waals surface area (Å²) >= 11 is 0. The zero-order chi connectivity index (χ0) is 13.0. The molecule has 0 unspecified atom stereocenters. The second kappa shape index (κ2) is 6.21. The van der Waals surface area contributed by atoms with Gasteiger partial charge in [0.1, 0.15) is 12.4 Å². The van der Waals surface area contributed by atoms with Crippen LogP contribution in [0.25, 0.3) is 0 Å². The third-order valence-electron chi connectivity index (χ3n) is 3.48. The van der Waals surface area contributed by atoms with E-state index in [1.807, 2.05) is 0 Å². The van der Waals surface area contributed by atoms with Crippen LogP contribution in [0, 0.1) is 13.8 Å². The van der Waals surface area contributed by atoms with Crippen LogP contribution in [-0.4, -0.2) is 42.4 Å². The van der Waals surface area contributed by atoms with Crippen molar-refractivity contribution in [2.45, 2.75) is 32.7 Å². The van der Waals surface area contributed by atoms with Gasteiger partial charge in [0.2, 0.25) is 0 Å². The largest absolute Gasteiger partial charge is 0.492 e. The number of benzene rings is 1. The quantitative estimate of drug-likeness (QED) is 0.803. The Kier molecular flexibility index (Phi) is 4.61. The number of hydrogen-bond acceptors (Lipinski definition) is 3. The first-order valence-electron chi connectivity index (χ1n) is 6.76. The van der Waals surface area contributed by atoms with Crippen molar-refractivity contribution in [2.75, 3.05) is 26.3 Å². The normalized spacial score (nSPS) is 15.1. The van der Waals surface area contributed by atoms with Crippen LogP contribution in [0.3, 0.4) is 0 Å². The number of aryl methyl sites for hydroxylation is 2. The SMILES string of the molecule is Cc1cccc(C)c1OCCN(CCO)C1CC1. The van der Waals surface area contributed by atoms with E-state index in [1.54, 1.807) is 0 Å². The second-order valence-electron chi connectivity index (χ2n) is 5.06. The van der Waals surface area contributed by atoms with E-state index in [9.17, 15) is 0 Å². The van der Waals surface area contributed by atoms with Gasteiger partial charge in [0, 0.05) is 19.1 Å². The maximum atomic E-state index is 9.04. The summed E-state index contributed by atoms with van der Waals surface area (Å²) in [7, 11) is 0. The molecule has 2 rings (SSSR count). The van der Waals surface area contributed by atoms with Crippen LogP contribution in [0.15, 0.2) is 18.2 Å². The molecular formula is C15H23NO2. The van der Waals surface area contributed by atoms with Gasteiger partial charge in [-0.3, -0.25) is 4.90 Å². The number of rotatable bonds is 7. The third-order valence-corrected chi connectivity index (χ3v) is 3.48. The van der Waals surface area contributed by atoms with Crippen LogP contribution in [0.4, 0.5) is 0 Å². The number of aliphatic hydroxyl groups excluding tert-OH is 1. The first-order valence-corrected chi connectivity index (χ1v) is 6.76. The Bertz CT molecular complexity index is 368. The Morgan fingerprint density at radius 2 is 1.89 bits per heavy atom. The Hall–Kier alpha value is -1.06. The van der Waals surface area contributed by atoms with E-state index in [0.29, 0.717) is 12.6 Å². The zero-order valence-electron chi connectivity index (χ0n) is 11.4. The molecule has 100 valence electrons. The number of ether oxygens (including phenoxy) is 1. The highest BCUT2D eigenvalue weighted by atomic mass is 16.5. The molecule has 0 amide bonds. The molecule has 0 radical (unpaired) electrons. The van der Waals surface area contributed by atoms with Gasteiger partial charge in [0.15, 0.2) is 0 Å². The van der Waals surface area contributed by atoms with Crippen molar-refractivity contribution in [3.63, 3.8) is 0 Å². The molecule has 18 heavy (non-hydrogen) atoms. The maximum absolute atomic E-state index is 9.04. The van der Waals surface area contributed by atoms with Gasteiger partial charge in [-0.1, -0.05) is 18.2 Å². The topological polar surface area (TPSA) is 32.7 Å². The maximum Gasteiger partial charge on any atom is 0.125 e. The van der Waals surface area contributed by atoms with Crippen LogP contribution < -0.4 is 4.74 Å². The lowest BCUT2D eigenvalue weighted by molar-refractivity contribution is 0.161. The molecule has 1 N–H and O–H groups in total. The first-order chi connectivity index (χ1) is 8.72. The Morgan fingerprint density at radius 3 is 2.44 bits per heavy atom. The molecule has 0 saturated heterocycles. The number of para-hydroxylation sites is 1. The Labute approximate surface area is 109 Å². The fourth-order valence-corrected chi connectivity index (χ4v) is 2.34. The van der Waals surface area contributed by atoms with Gasteiger partial charge in [0.05, 0.1) is 6.61 Å². The molecule has 0 aliphatic heterocycles. The molecule has 0 bridgehead atoms. The lowest BCUT2D eigenvalue weighted by Gasteiger charge is -2.21. The van der Waals surface area contributed by atoms with Crippen LogP contribution >= 0.6 is 0 Å². The highest BCUT2D eigenvalue weighted by Crippen LogP contribution is 2.26. The highest BCUT2D eigenvalue weighted by Gasteiger charge is 2.28. The summed E-state index contributed by atoms with van der Waals surface area (Å²) in [6.07, 6.45) is 2.53. The second-order valence-corrected chi connectivity index (χ2v) is 5.06. The standard InChI is InChI=1S/C15H23NO2/c1-12-4-3-5-13(2)15(12)18-11-9-16(8-10-17)14-6-7-14/h3-5,14,17H,6-11H2,1-2H3. The molecule has 0 spiro atoms. The van der Waals surface area contributed by atoms with Gasteiger partial charge in [-0.05, 0) is 37.8 Å². The monoisotopic (exact) mass is 249 g/mol. The summed E-state index contributed by atoms with van der Waals surface area (Å²) in [5, 5.41) is 9.04. The molecule has 1 saturated carbocycles. The molecule has 3 nitrogen and oxygen atoms in total. The minimum absolute atomic E-state index is 0.236. The van der Waals surface area contributed by atoms with E-state index in [1.165, 1.54) is 24.0 Å². The molecule has 1 aromatic rings. The van der Waals surface area contributed by atoms with Crippen molar-refractivity contribution in [2.24, 2.45) is 0 Å².